The lowest BCUT2D eigenvalue weighted by Gasteiger charge is -2.15. The molecule has 1 fully saturated rings. The van der Waals surface area contributed by atoms with Crippen molar-refractivity contribution < 1.29 is 14.3 Å². The Morgan fingerprint density at radius 2 is 2.00 bits per heavy atom. The van der Waals surface area contributed by atoms with Crippen molar-refractivity contribution >= 4 is 46.9 Å². The molecule has 0 bridgehead atoms. The van der Waals surface area contributed by atoms with E-state index in [1.54, 1.807) is 42.0 Å². The van der Waals surface area contributed by atoms with Gasteiger partial charge in [0.1, 0.15) is 5.75 Å². The van der Waals surface area contributed by atoms with Gasteiger partial charge in [0, 0.05) is 28.7 Å². The molecule has 3 amide bonds. The number of nitrogens with one attached hydrogen (secondary N) is 1. The number of hydrogen-bond donors (Lipinski definition) is 1. The number of urea groups is 1. The number of imide groups is 1. The Morgan fingerprint density at radius 1 is 1.19 bits per heavy atom. The molecular weight excluding hydrogens is 461 g/mol. The van der Waals surface area contributed by atoms with E-state index in [1.165, 1.54) is 16.7 Å². The molecule has 1 N–H and O–H groups in total. The minimum absolute atomic E-state index is 0.0178. The molecule has 0 unspecified atom stereocenters. The van der Waals surface area contributed by atoms with Crippen molar-refractivity contribution in [1.82, 2.24) is 25.0 Å². The van der Waals surface area contributed by atoms with E-state index in [1.807, 2.05) is 12.1 Å². The first kappa shape index (κ1) is 21.5. The lowest BCUT2D eigenvalue weighted by molar-refractivity contribution is -0.124. The Hall–Kier alpha value is -2.75. The van der Waals surface area contributed by atoms with E-state index in [0.29, 0.717) is 45.6 Å². The second-order valence-corrected chi connectivity index (χ2v) is 8.35. The molecule has 1 aromatic heterocycles. The first-order chi connectivity index (χ1) is 15.0. The highest BCUT2D eigenvalue weighted by Crippen LogP contribution is 2.34. The minimum atomic E-state index is -0.386. The van der Waals surface area contributed by atoms with Gasteiger partial charge in [0.15, 0.2) is 11.0 Å². The number of benzene rings is 2. The molecule has 1 aliphatic rings. The van der Waals surface area contributed by atoms with Crippen molar-refractivity contribution in [3.8, 4) is 22.8 Å². The molecule has 1 saturated heterocycles. The number of carbonyl (C=O) groups excluding carboxylic acids is 2. The van der Waals surface area contributed by atoms with Crippen molar-refractivity contribution in [2.75, 3.05) is 26.0 Å². The molecule has 4 rings (SSSR count). The van der Waals surface area contributed by atoms with Crippen LogP contribution < -0.4 is 10.1 Å². The number of amides is 3. The van der Waals surface area contributed by atoms with Crippen LogP contribution in [0, 0.1) is 0 Å². The van der Waals surface area contributed by atoms with Crippen molar-refractivity contribution in [1.29, 1.82) is 0 Å². The van der Waals surface area contributed by atoms with Gasteiger partial charge in [-0.05, 0) is 30.3 Å². The Balaban J connectivity index is 1.75. The van der Waals surface area contributed by atoms with Gasteiger partial charge < -0.3 is 10.1 Å². The van der Waals surface area contributed by atoms with E-state index in [-0.39, 0.29) is 17.7 Å². The third-order valence-electron chi connectivity index (χ3n) is 4.58. The first-order valence-corrected chi connectivity index (χ1v) is 11.0. The predicted octanol–water partition coefficient (Wildman–Crippen LogP) is 3.89. The fourth-order valence-corrected chi connectivity index (χ4v) is 4.32. The molecule has 2 aromatic carbocycles. The average molecular weight is 478 g/mol. The molecule has 0 spiro atoms. The normalized spacial score (nSPS) is 13.4. The smallest absolute Gasteiger partial charge is 0.324 e. The highest BCUT2D eigenvalue weighted by Gasteiger charge is 2.27. The second-order valence-electron chi connectivity index (χ2n) is 6.53. The van der Waals surface area contributed by atoms with E-state index in [0.717, 1.165) is 5.56 Å². The zero-order valence-electron chi connectivity index (χ0n) is 16.3. The van der Waals surface area contributed by atoms with Crippen molar-refractivity contribution in [3.05, 3.63) is 52.5 Å². The summed E-state index contributed by atoms with van der Waals surface area (Å²) in [5.74, 6) is 0.776. The van der Waals surface area contributed by atoms with E-state index in [9.17, 15) is 9.59 Å². The quantitative estimate of drug-likeness (QED) is 0.541. The Labute approximate surface area is 192 Å². The number of methoxy groups -OCH3 is 1. The minimum Gasteiger partial charge on any atom is -0.495 e. The maximum absolute atomic E-state index is 12.5. The molecule has 31 heavy (non-hydrogen) atoms. The van der Waals surface area contributed by atoms with E-state index >= 15 is 0 Å². The molecule has 11 heteroatoms. The van der Waals surface area contributed by atoms with Gasteiger partial charge in [0.05, 0.1) is 18.6 Å². The number of thioether (sulfide) groups is 1. The number of nitrogens with zero attached hydrogens (tertiary/aromatic N) is 4. The van der Waals surface area contributed by atoms with Crippen LogP contribution in [0.4, 0.5) is 4.79 Å². The van der Waals surface area contributed by atoms with Gasteiger partial charge >= 0.3 is 6.03 Å². The van der Waals surface area contributed by atoms with Gasteiger partial charge in [0.2, 0.25) is 5.91 Å². The Kier molecular flexibility index (Phi) is 6.35. The Morgan fingerprint density at radius 3 is 2.71 bits per heavy atom. The number of halogens is 2. The summed E-state index contributed by atoms with van der Waals surface area (Å²) >= 11 is 13.6. The van der Waals surface area contributed by atoms with E-state index in [4.69, 9.17) is 27.9 Å². The van der Waals surface area contributed by atoms with Crippen LogP contribution in [0.5, 0.6) is 5.75 Å². The second kappa shape index (κ2) is 9.17. The lowest BCUT2D eigenvalue weighted by atomic mass is 10.2. The maximum Gasteiger partial charge on any atom is 0.324 e. The summed E-state index contributed by atoms with van der Waals surface area (Å²) in [5.41, 5.74) is 1.35. The zero-order valence-corrected chi connectivity index (χ0v) is 18.7. The third kappa shape index (κ3) is 4.48. The monoisotopic (exact) mass is 477 g/mol. The average Bonchev–Trinajstić information content (AvgIpc) is 3.38. The van der Waals surface area contributed by atoms with Gasteiger partial charge in [-0.25, -0.2) is 4.79 Å². The lowest BCUT2D eigenvalue weighted by Crippen LogP contribution is -2.35. The summed E-state index contributed by atoms with van der Waals surface area (Å²) in [7, 11) is 1.55. The van der Waals surface area contributed by atoms with E-state index in [2.05, 4.69) is 15.5 Å². The fraction of sp³-hybridized carbons (Fsp3) is 0.200. The van der Waals surface area contributed by atoms with Crippen LogP contribution in [0.1, 0.15) is 0 Å². The molecular formula is C20H17Cl2N5O3S. The van der Waals surface area contributed by atoms with Crippen molar-refractivity contribution in [3.63, 3.8) is 0 Å². The number of carbonyl (C=O) groups is 2. The number of ether oxygens (including phenoxy) is 1. The molecule has 0 radical (unpaired) electrons. The largest absolute Gasteiger partial charge is 0.495 e. The Bertz CT molecular complexity index is 1150. The third-order valence-corrected chi connectivity index (χ3v) is 5.96. The fourth-order valence-electron chi connectivity index (χ4n) is 3.15. The standard InChI is InChI=1S/C20H17Cl2N5O3S/c1-30-16-6-5-14(22)10-15(16)27-18(12-3-2-4-13(21)9-12)24-25-20(27)31-11-17(28)26-8-7-23-19(26)29/h2-6,9-10H,7-8,11H2,1H3,(H,23,29). The summed E-state index contributed by atoms with van der Waals surface area (Å²) in [6, 6.07) is 12.0. The molecule has 160 valence electrons. The van der Waals surface area contributed by atoms with Gasteiger partial charge in [-0.2, -0.15) is 0 Å². The topological polar surface area (TPSA) is 89.4 Å². The van der Waals surface area contributed by atoms with Crippen LogP contribution in [0.3, 0.4) is 0 Å². The van der Waals surface area contributed by atoms with Crippen LogP contribution in [0.25, 0.3) is 17.1 Å². The number of hydrogen-bond acceptors (Lipinski definition) is 6. The van der Waals surface area contributed by atoms with Crippen molar-refractivity contribution in [2.45, 2.75) is 5.16 Å². The van der Waals surface area contributed by atoms with Crippen LogP contribution in [0.15, 0.2) is 47.6 Å². The van der Waals surface area contributed by atoms with Crippen LogP contribution in [-0.4, -0.2) is 57.6 Å². The molecule has 1 aliphatic heterocycles. The van der Waals surface area contributed by atoms with Crippen LogP contribution >= 0.6 is 35.0 Å². The van der Waals surface area contributed by atoms with Crippen LogP contribution in [-0.2, 0) is 4.79 Å². The van der Waals surface area contributed by atoms with Gasteiger partial charge in [-0.15, -0.1) is 10.2 Å². The van der Waals surface area contributed by atoms with Gasteiger partial charge in [0.25, 0.3) is 0 Å². The molecule has 0 saturated carbocycles. The zero-order chi connectivity index (χ0) is 22.0. The van der Waals surface area contributed by atoms with Crippen molar-refractivity contribution in [2.24, 2.45) is 0 Å². The number of aromatic nitrogens is 3. The summed E-state index contributed by atoms with van der Waals surface area (Å²) in [6.45, 7) is 0.796. The summed E-state index contributed by atoms with van der Waals surface area (Å²) in [6.07, 6.45) is 0. The van der Waals surface area contributed by atoms with E-state index < -0.39 is 0 Å². The SMILES string of the molecule is COc1ccc(Cl)cc1-n1c(SCC(=O)N2CCNC2=O)nnc1-c1cccc(Cl)c1. The highest BCUT2D eigenvalue weighted by molar-refractivity contribution is 7.99. The highest BCUT2D eigenvalue weighted by atomic mass is 35.5. The predicted molar refractivity (Wildman–Crippen MR) is 119 cm³/mol. The van der Waals surface area contributed by atoms with Gasteiger partial charge in [-0.3, -0.25) is 14.3 Å². The summed E-state index contributed by atoms with van der Waals surface area (Å²) < 4.78 is 7.28. The molecule has 0 atom stereocenters. The molecule has 3 aromatic rings. The van der Waals surface area contributed by atoms with Gasteiger partial charge in [-0.1, -0.05) is 47.1 Å². The molecule has 0 aliphatic carbocycles. The van der Waals surface area contributed by atoms with Crippen LogP contribution in [0.2, 0.25) is 10.0 Å². The summed E-state index contributed by atoms with van der Waals surface area (Å²) in [5, 5.41) is 12.7. The number of rotatable bonds is 6. The molecule has 8 nitrogen and oxygen atoms in total. The first-order valence-electron chi connectivity index (χ1n) is 9.24. The molecule has 2 heterocycles. The maximum atomic E-state index is 12.5. The summed E-state index contributed by atoms with van der Waals surface area (Å²) in [4.78, 5) is 25.5.